The molecular weight excluding hydrogens is 316 g/mol. The lowest BCUT2D eigenvalue weighted by molar-refractivity contribution is -0.137. The first kappa shape index (κ1) is 22.0. The van der Waals surface area contributed by atoms with Gasteiger partial charge in [-0.05, 0) is 48.0 Å². The Balaban J connectivity index is 4.79. The van der Waals surface area contributed by atoms with E-state index in [-0.39, 0.29) is 19.4 Å². The number of rotatable bonds is 6. The molecule has 0 radical (unpaired) electrons. The van der Waals surface area contributed by atoms with Crippen LogP contribution in [0.4, 0.5) is 9.59 Å². The third-order valence-corrected chi connectivity index (χ3v) is 2.63. The van der Waals surface area contributed by atoms with Crippen molar-refractivity contribution in [3.63, 3.8) is 0 Å². The smallest absolute Gasteiger partial charge is 0.410 e. The van der Waals surface area contributed by atoms with Gasteiger partial charge in [0.25, 0.3) is 0 Å². The summed E-state index contributed by atoms with van der Waals surface area (Å²) in [6.45, 7) is 10.5. The Morgan fingerprint density at radius 1 is 1.04 bits per heavy atom. The minimum absolute atomic E-state index is 0.113. The monoisotopic (exact) mass is 346 g/mol. The molecule has 0 saturated heterocycles. The Labute approximate surface area is 143 Å². The quantitative estimate of drug-likeness (QED) is 0.766. The maximum absolute atomic E-state index is 12.0. The summed E-state index contributed by atoms with van der Waals surface area (Å²) in [4.78, 5) is 35.9. The number of amides is 2. The van der Waals surface area contributed by atoms with E-state index < -0.39 is 35.4 Å². The summed E-state index contributed by atoms with van der Waals surface area (Å²) in [5.41, 5.74) is -1.31. The van der Waals surface area contributed by atoms with Crippen LogP contribution < -0.4 is 5.32 Å². The van der Waals surface area contributed by atoms with Crippen LogP contribution in [0.5, 0.6) is 0 Å². The summed E-state index contributed by atoms with van der Waals surface area (Å²) >= 11 is 0. The molecule has 0 aromatic rings. The number of likely N-dealkylation sites (N-methyl/N-ethyl adjacent to an activating group) is 1. The Hall–Kier alpha value is -1.99. The number of carboxylic acids is 1. The largest absolute Gasteiger partial charge is 0.481 e. The molecule has 0 saturated carbocycles. The third-order valence-electron chi connectivity index (χ3n) is 2.63. The highest BCUT2D eigenvalue weighted by atomic mass is 16.6. The number of hydrogen-bond donors (Lipinski definition) is 2. The fourth-order valence-electron chi connectivity index (χ4n) is 1.73. The average Bonchev–Trinajstić information content (AvgIpc) is 2.31. The molecule has 0 spiro atoms. The van der Waals surface area contributed by atoms with Crippen LogP contribution in [0.15, 0.2) is 0 Å². The van der Waals surface area contributed by atoms with Gasteiger partial charge in [0.1, 0.15) is 11.2 Å². The number of alkyl carbamates (subject to hydrolysis) is 1. The summed E-state index contributed by atoms with van der Waals surface area (Å²) in [7, 11) is 1.53. The molecule has 140 valence electrons. The van der Waals surface area contributed by atoms with Crippen LogP contribution in [-0.2, 0) is 14.3 Å². The van der Waals surface area contributed by atoms with Gasteiger partial charge in [-0.25, -0.2) is 9.59 Å². The Morgan fingerprint density at radius 3 is 1.96 bits per heavy atom. The van der Waals surface area contributed by atoms with Crippen molar-refractivity contribution in [2.24, 2.45) is 0 Å². The second-order valence-electron chi connectivity index (χ2n) is 7.64. The second-order valence-corrected chi connectivity index (χ2v) is 7.64. The van der Waals surface area contributed by atoms with Crippen LogP contribution in [0.3, 0.4) is 0 Å². The van der Waals surface area contributed by atoms with Crippen LogP contribution in [0, 0.1) is 0 Å². The van der Waals surface area contributed by atoms with Gasteiger partial charge in [0.15, 0.2) is 0 Å². The zero-order chi connectivity index (χ0) is 19.1. The summed E-state index contributed by atoms with van der Waals surface area (Å²) in [6, 6.07) is -0.562. The number of hydrogen-bond acceptors (Lipinski definition) is 5. The summed E-state index contributed by atoms with van der Waals surface area (Å²) in [5.74, 6) is -0.981. The van der Waals surface area contributed by atoms with Gasteiger partial charge in [-0.15, -0.1) is 0 Å². The number of nitrogens with one attached hydrogen (secondary N) is 1. The summed E-state index contributed by atoms with van der Waals surface area (Å²) < 4.78 is 10.4. The van der Waals surface area contributed by atoms with Crippen LogP contribution in [-0.4, -0.2) is 59.0 Å². The molecular formula is C16H30N2O6. The number of aliphatic carboxylic acids is 1. The molecule has 8 nitrogen and oxygen atoms in total. The van der Waals surface area contributed by atoms with Gasteiger partial charge in [-0.3, -0.25) is 4.79 Å². The van der Waals surface area contributed by atoms with E-state index in [4.69, 9.17) is 14.6 Å². The summed E-state index contributed by atoms with van der Waals surface area (Å²) in [6.07, 6.45) is -1.17. The van der Waals surface area contributed by atoms with Crippen LogP contribution in [0.2, 0.25) is 0 Å². The molecule has 0 heterocycles. The van der Waals surface area contributed by atoms with E-state index in [2.05, 4.69) is 5.32 Å². The molecule has 0 aliphatic carbocycles. The zero-order valence-corrected chi connectivity index (χ0v) is 15.6. The van der Waals surface area contributed by atoms with Gasteiger partial charge in [0.2, 0.25) is 0 Å². The van der Waals surface area contributed by atoms with Crippen molar-refractivity contribution in [1.82, 2.24) is 10.2 Å². The summed E-state index contributed by atoms with van der Waals surface area (Å²) in [5, 5.41) is 11.4. The minimum Gasteiger partial charge on any atom is -0.481 e. The van der Waals surface area contributed by atoms with E-state index in [1.807, 2.05) is 0 Å². The van der Waals surface area contributed by atoms with E-state index in [1.54, 1.807) is 41.5 Å². The molecule has 0 aromatic carbocycles. The second kappa shape index (κ2) is 8.75. The van der Waals surface area contributed by atoms with E-state index >= 15 is 0 Å². The Morgan fingerprint density at radius 2 is 1.54 bits per heavy atom. The van der Waals surface area contributed by atoms with Gasteiger partial charge in [0, 0.05) is 20.0 Å². The van der Waals surface area contributed by atoms with Gasteiger partial charge >= 0.3 is 18.2 Å². The fraction of sp³-hybridized carbons (Fsp3) is 0.812. The number of carbonyl (C=O) groups is 3. The zero-order valence-electron chi connectivity index (χ0n) is 15.6. The van der Waals surface area contributed by atoms with Gasteiger partial charge in [-0.2, -0.15) is 0 Å². The van der Waals surface area contributed by atoms with E-state index in [0.29, 0.717) is 0 Å². The fourth-order valence-corrected chi connectivity index (χ4v) is 1.73. The lowest BCUT2D eigenvalue weighted by atomic mass is 10.1. The molecule has 0 rings (SSSR count). The highest BCUT2D eigenvalue weighted by Gasteiger charge is 2.25. The molecule has 0 bridgehead atoms. The predicted octanol–water partition coefficient (Wildman–Crippen LogP) is 2.61. The Kier molecular flexibility index (Phi) is 8.02. The molecule has 8 heteroatoms. The molecule has 24 heavy (non-hydrogen) atoms. The van der Waals surface area contributed by atoms with Crippen molar-refractivity contribution < 1.29 is 29.0 Å². The number of carbonyl (C=O) groups excluding carboxylic acids is 2. The molecule has 2 amide bonds. The van der Waals surface area contributed by atoms with Crippen molar-refractivity contribution in [3.05, 3.63) is 0 Å². The molecule has 0 aliphatic rings. The maximum atomic E-state index is 12.0. The lowest BCUT2D eigenvalue weighted by Gasteiger charge is -2.28. The number of ether oxygens (including phenoxy) is 2. The number of nitrogens with zero attached hydrogens (tertiary/aromatic N) is 1. The van der Waals surface area contributed by atoms with Crippen molar-refractivity contribution >= 4 is 18.2 Å². The van der Waals surface area contributed by atoms with E-state index in [0.717, 1.165) is 0 Å². The molecule has 1 unspecified atom stereocenters. The predicted molar refractivity (Wildman–Crippen MR) is 88.9 cm³/mol. The molecule has 1 atom stereocenters. The molecule has 2 N–H and O–H groups in total. The SMILES string of the molecule is CN(CC(CCC(=O)O)NC(=O)OC(C)(C)C)C(=O)OC(C)(C)C. The molecule has 0 fully saturated rings. The van der Waals surface area contributed by atoms with Crippen molar-refractivity contribution in [3.8, 4) is 0 Å². The Bertz CT molecular complexity index is 450. The highest BCUT2D eigenvalue weighted by molar-refractivity contribution is 5.70. The van der Waals surface area contributed by atoms with Gasteiger partial charge in [-0.1, -0.05) is 0 Å². The third kappa shape index (κ3) is 11.6. The van der Waals surface area contributed by atoms with Crippen molar-refractivity contribution in [2.75, 3.05) is 13.6 Å². The normalized spacial score (nSPS) is 13.0. The first-order valence-corrected chi connectivity index (χ1v) is 7.85. The topological polar surface area (TPSA) is 105 Å². The standard InChI is InChI=1S/C16H30N2O6/c1-15(2,3)23-13(21)17-11(8-9-12(19)20)10-18(7)14(22)24-16(4,5)6/h11H,8-10H2,1-7H3,(H,17,21)(H,19,20). The highest BCUT2D eigenvalue weighted by Crippen LogP contribution is 2.11. The first-order chi connectivity index (χ1) is 10.7. The minimum atomic E-state index is -0.981. The van der Waals surface area contributed by atoms with Gasteiger partial charge < -0.3 is 24.8 Å². The average molecular weight is 346 g/mol. The molecule has 0 aliphatic heterocycles. The van der Waals surface area contributed by atoms with Crippen LogP contribution in [0.25, 0.3) is 0 Å². The lowest BCUT2D eigenvalue weighted by Crippen LogP contribution is -2.47. The van der Waals surface area contributed by atoms with Gasteiger partial charge in [0.05, 0.1) is 6.04 Å². The van der Waals surface area contributed by atoms with E-state index in [1.165, 1.54) is 11.9 Å². The van der Waals surface area contributed by atoms with Crippen LogP contribution in [0.1, 0.15) is 54.4 Å². The van der Waals surface area contributed by atoms with Crippen LogP contribution >= 0.6 is 0 Å². The van der Waals surface area contributed by atoms with Crippen molar-refractivity contribution in [1.29, 1.82) is 0 Å². The maximum Gasteiger partial charge on any atom is 0.410 e. The van der Waals surface area contributed by atoms with E-state index in [9.17, 15) is 14.4 Å². The first-order valence-electron chi connectivity index (χ1n) is 7.85. The number of carboxylic acid groups (broad SMARTS) is 1. The van der Waals surface area contributed by atoms with Crippen molar-refractivity contribution in [2.45, 2.75) is 71.6 Å². The molecule has 0 aromatic heterocycles.